The molecule has 0 heterocycles. The normalized spacial score (nSPS) is 16.0. The maximum atomic E-state index is 13.0. The van der Waals surface area contributed by atoms with Gasteiger partial charge in [0.1, 0.15) is 18.1 Å². The van der Waals surface area contributed by atoms with Crippen molar-refractivity contribution in [3.63, 3.8) is 0 Å². The second-order valence-electron chi connectivity index (χ2n) is 8.03. The van der Waals surface area contributed by atoms with Crippen molar-refractivity contribution < 1.29 is 24.3 Å². The van der Waals surface area contributed by atoms with E-state index < -0.39 is 47.9 Å². The van der Waals surface area contributed by atoms with Gasteiger partial charge in [-0.2, -0.15) is 24.4 Å². The zero-order valence-corrected chi connectivity index (χ0v) is 20.7. The van der Waals surface area contributed by atoms with Crippen LogP contribution < -0.4 is 21.7 Å². The molecule has 0 aliphatic carbocycles. The van der Waals surface area contributed by atoms with E-state index in [1.807, 2.05) is 27.0 Å². The maximum absolute atomic E-state index is 13.0. The molecule has 0 radical (unpaired) electrons. The van der Waals surface area contributed by atoms with Crippen LogP contribution in [0.2, 0.25) is 0 Å². The Morgan fingerprint density at radius 3 is 2.03 bits per heavy atom. The summed E-state index contributed by atoms with van der Waals surface area (Å²) in [7, 11) is 0. The molecule has 0 spiro atoms. The Labute approximate surface area is 194 Å². The lowest BCUT2D eigenvalue weighted by Gasteiger charge is -2.28. The van der Waals surface area contributed by atoms with E-state index >= 15 is 0 Å². The maximum Gasteiger partial charge on any atom is 0.326 e. The first-order valence-electron chi connectivity index (χ1n) is 10.5. The monoisotopic (exact) mass is 478 g/mol. The van der Waals surface area contributed by atoms with Crippen LogP contribution in [0.25, 0.3) is 0 Å². The third kappa shape index (κ3) is 11.1. The van der Waals surface area contributed by atoms with Gasteiger partial charge in [0.15, 0.2) is 0 Å². The molecule has 3 amide bonds. The number of carbonyl (C=O) groups excluding carboxylic acids is 3. The fourth-order valence-corrected chi connectivity index (χ4v) is 3.41. The van der Waals surface area contributed by atoms with Gasteiger partial charge in [-0.1, -0.05) is 34.1 Å². The molecule has 31 heavy (non-hydrogen) atoms. The lowest BCUT2D eigenvalue weighted by molar-refractivity contribution is -0.142. The molecule has 11 heteroatoms. The molecule has 180 valence electrons. The Hall–Kier alpha value is -1.46. The molecule has 0 saturated heterocycles. The van der Waals surface area contributed by atoms with E-state index in [1.165, 1.54) is 11.8 Å². The molecule has 0 aromatic heterocycles. The topological polar surface area (TPSA) is 151 Å². The Morgan fingerprint density at radius 1 is 1.00 bits per heavy atom. The lowest BCUT2D eigenvalue weighted by Crippen LogP contribution is -2.59. The zero-order chi connectivity index (χ0) is 24.1. The molecular weight excluding hydrogens is 440 g/mol. The van der Waals surface area contributed by atoms with Crippen LogP contribution in [0.5, 0.6) is 0 Å². The molecule has 6 N–H and O–H groups in total. The third-order valence-corrected chi connectivity index (χ3v) is 5.93. The summed E-state index contributed by atoms with van der Waals surface area (Å²) >= 11 is 5.49. The average molecular weight is 479 g/mol. The molecule has 0 rings (SSSR count). The van der Waals surface area contributed by atoms with Crippen LogP contribution in [-0.4, -0.2) is 70.7 Å². The minimum atomic E-state index is -1.12. The Bertz CT molecular complexity index is 606. The van der Waals surface area contributed by atoms with Gasteiger partial charge in [0, 0.05) is 5.75 Å². The van der Waals surface area contributed by atoms with Crippen LogP contribution in [0.1, 0.15) is 47.0 Å². The number of carboxylic acids is 1. The van der Waals surface area contributed by atoms with Crippen molar-refractivity contribution in [3.05, 3.63) is 0 Å². The van der Waals surface area contributed by atoms with Crippen LogP contribution >= 0.6 is 24.4 Å². The molecule has 5 atom stereocenters. The third-order valence-electron chi connectivity index (χ3n) is 4.89. The Balaban J connectivity index is 5.47. The van der Waals surface area contributed by atoms with E-state index in [1.54, 1.807) is 6.92 Å². The summed E-state index contributed by atoms with van der Waals surface area (Å²) in [5, 5.41) is 17.3. The van der Waals surface area contributed by atoms with Crippen LogP contribution in [0.15, 0.2) is 0 Å². The number of amides is 3. The fraction of sp³-hybridized carbons (Fsp3) is 0.800. The fourth-order valence-electron chi connectivity index (χ4n) is 2.77. The number of thioether (sulfide) groups is 1. The highest BCUT2D eigenvalue weighted by Crippen LogP contribution is 2.12. The summed E-state index contributed by atoms with van der Waals surface area (Å²) in [6.45, 7) is 7.49. The molecule has 5 unspecified atom stereocenters. The average Bonchev–Trinajstić information content (AvgIpc) is 2.72. The quantitative estimate of drug-likeness (QED) is 0.189. The van der Waals surface area contributed by atoms with E-state index in [9.17, 15) is 24.3 Å². The highest BCUT2D eigenvalue weighted by Gasteiger charge is 2.32. The van der Waals surface area contributed by atoms with Gasteiger partial charge in [0.05, 0.1) is 6.04 Å². The Morgan fingerprint density at radius 2 is 1.58 bits per heavy atom. The summed E-state index contributed by atoms with van der Waals surface area (Å²) in [5.41, 5.74) is 5.70. The van der Waals surface area contributed by atoms with E-state index in [0.29, 0.717) is 18.6 Å². The first kappa shape index (κ1) is 29.5. The number of hydrogen-bond acceptors (Lipinski definition) is 7. The summed E-state index contributed by atoms with van der Waals surface area (Å²) in [5.74, 6) is -2.12. The summed E-state index contributed by atoms with van der Waals surface area (Å²) in [6, 6.07) is -3.70. The highest BCUT2D eigenvalue weighted by molar-refractivity contribution is 7.98. The molecular formula is C20H38N4O5S2. The van der Waals surface area contributed by atoms with Crippen LogP contribution in [0.4, 0.5) is 0 Å². The first-order valence-corrected chi connectivity index (χ1v) is 12.5. The Kier molecular flexibility index (Phi) is 14.6. The second kappa shape index (κ2) is 15.4. The van der Waals surface area contributed by atoms with E-state index in [4.69, 9.17) is 5.73 Å². The van der Waals surface area contributed by atoms with E-state index in [2.05, 4.69) is 28.6 Å². The molecule has 0 aliphatic rings. The number of carbonyl (C=O) groups is 4. The molecule has 0 saturated carbocycles. The number of nitrogens with two attached hydrogens (primary N) is 1. The minimum absolute atomic E-state index is 0.0992. The summed E-state index contributed by atoms with van der Waals surface area (Å²) in [6.07, 6.45) is 3.08. The summed E-state index contributed by atoms with van der Waals surface area (Å²) in [4.78, 5) is 49.5. The van der Waals surface area contributed by atoms with Crippen molar-refractivity contribution in [2.45, 2.75) is 71.1 Å². The van der Waals surface area contributed by atoms with Gasteiger partial charge in [-0.05, 0) is 36.7 Å². The molecule has 0 aliphatic heterocycles. The van der Waals surface area contributed by atoms with Gasteiger partial charge in [0.25, 0.3) is 0 Å². The van der Waals surface area contributed by atoms with Gasteiger partial charge in [0.2, 0.25) is 17.7 Å². The van der Waals surface area contributed by atoms with Crippen LogP contribution in [0.3, 0.4) is 0 Å². The van der Waals surface area contributed by atoms with Crippen molar-refractivity contribution in [3.8, 4) is 0 Å². The molecule has 0 aromatic carbocycles. The molecule has 0 bridgehead atoms. The minimum Gasteiger partial charge on any atom is -0.480 e. The lowest BCUT2D eigenvalue weighted by atomic mass is 9.96. The number of hydrogen-bond donors (Lipinski definition) is 6. The van der Waals surface area contributed by atoms with E-state index in [-0.39, 0.29) is 24.0 Å². The highest BCUT2D eigenvalue weighted by atomic mass is 32.2. The SMILES string of the molecule is CCC(C)C(NC(=O)C(CC(C)C)NC(=O)C(N)CS)C(=O)NC(CCSC)C(=O)O. The van der Waals surface area contributed by atoms with Crippen molar-refractivity contribution in [2.24, 2.45) is 17.6 Å². The smallest absolute Gasteiger partial charge is 0.326 e. The number of rotatable bonds is 15. The van der Waals surface area contributed by atoms with Crippen molar-refractivity contribution in [2.75, 3.05) is 17.8 Å². The number of nitrogens with one attached hydrogen (secondary N) is 3. The predicted octanol–water partition coefficient (Wildman–Crippen LogP) is 0.628. The van der Waals surface area contributed by atoms with Crippen LogP contribution in [0, 0.1) is 11.8 Å². The van der Waals surface area contributed by atoms with Gasteiger partial charge in [-0.25, -0.2) is 4.79 Å². The van der Waals surface area contributed by atoms with Gasteiger partial charge in [-0.15, -0.1) is 0 Å². The van der Waals surface area contributed by atoms with Crippen molar-refractivity contribution >= 4 is 48.1 Å². The summed E-state index contributed by atoms with van der Waals surface area (Å²) < 4.78 is 0. The molecule has 9 nitrogen and oxygen atoms in total. The van der Waals surface area contributed by atoms with Gasteiger partial charge < -0.3 is 26.8 Å². The first-order chi connectivity index (χ1) is 14.5. The molecule has 0 aromatic rings. The van der Waals surface area contributed by atoms with Crippen molar-refractivity contribution in [1.82, 2.24) is 16.0 Å². The molecule has 0 fully saturated rings. The second-order valence-corrected chi connectivity index (χ2v) is 9.38. The largest absolute Gasteiger partial charge is 0.480 e. The van der Waals surface area contributed by atoms with Gasteiger partial charge >= 0.3 is 5.97 Å². The van der Waals surface area contributed by atoms with Gasteiger partial charge in [-0.3, -0.25) is 14.4 Å². The standard InChI is InChI=1S/C20H38N4O5S2/c1-6-12(4)16(19(27)22-14(20(28)29)7-8-31-5)24-18(26)15(9-11(2)3)23-17(25)13(21)10-30/h11-16,30H,6-10,21H2,1-5H3,(H,22,27)(H,23,25)(H,24,26)(H,28,29). The van der Waals surface area contributed by atoms with E-state index in [0.717, 1.165) is 0 Å². The van der Waals surface area contributed by atoms with Crippen LogP contribution in [-0.2, 0) is 19.2 Å². The number of thiol groups is 1. The van der Waals surface area contributed by atoms with Crippen molar-refractivity contribution in [1.29, 1.82) is 0 Å². The predicted molar refractivity (Wildman–Crippen MR) is 127 cm³/mol. The number of carboxylic acid groups (broad SMARTS) is 1. The zero-order valence-electron chi connectivity index (χ0n) is 19.0. The number of aliphatic carboxylic acids is 1.